The van der Waals surface area contributed by atoms with Crippen molar-refractivity contribution >= 4 is 11.9 Å². The van der Waals surface area contributed by atoms with Crippen LogP contribution in [0.3, 0.4) is 0 Å². The Labute approximate surface area is 103 Å². The molecule has 0 aliphatic rings. The van der Waals surface area contributed by atoms with Gasteiger partial charge in [0.25, 0.3) is 0 Å². The molecular weight excluding hydrogens is 222 g/mol. The molecule has 1 amide bonds. The fourth-order valence-corrected chi connectivity index (χ4v) is 1.25. The monoisotopic (exact) mass is 245 g/mol. The Morgan fingerprint density at radius 1 is 1.35 bits per heavy atom. The molecule has 0 aromatic rings. The summed E-state index contributed by atoms with van der Waals surface area (Å²) in [6.45, 7) is 6.13. The normalized spacial score (nSPS) is 14.1. The fourth-order valence-electron chi connectivity index (χ4n) is 1.25. The molecule has 0 heterocycles. The molecule has 0 saturated heterocycles. The Balaban J connectivity index is 3.78. The van der Waals surface area contributed by atoms with E-state index in [4.69, 9.17) is 9.84 Å². The first-order valence-corrected chi connectivity index (χ1v) is 6.11. The topological polar surface area (TPSA) is 75.6 Å². The van der Waals surface area contributed by atoms with Gasteiger partial charge in [0.05, 0.1) is 0 Å². The lowest BCUT2D eigenvalue weighted by molar-refractivity contribution is -0.138. The lowest BCUT2D eigenvalue weighted by Crippen LogP contribution is -2.40. The summed E-state index contributed by atoms with van der Waals surface area (Å²) >= 11 is 0. The van der Waals surface area contributed by atoms with E-state index in [0.717, 1.165) is 12.8 Å². The molecule has 100 valence electrons. The molecule has 0 fully saturated rings. The standard InChI is InChI=1S/C12H23NO4/c1-4-5-8-17-10(3)12(16)13-9(2)6-7-11(14)15/h9-10H,4-8H2,1-3H3,(H,13,16)(H,14,15). The highest BCUT2D eigenvalue weighted by atomic mass is 16.5. The number of amides is 1. The summed E-state index contributed by atoms with van der Waals surface area (Å²) in [4.78, 5) is 22.0. The van der Waals surface area contributed by atoms with Gasteiger partial charge in [-0.3, -0.25) is 9.59 Å². The molecule has 0 bridgehead atoms. The summed E-state index contributed by atoms with van der Waals surface area (Å²) in [5.74, 6) is -1.03. The number of hydrogen-bond acceptors (Lipinski definition) is 3. The second kappa shape index (κ2) is 8.98. The zero-order chi connectivity index (χ0) is 13.3. The third kappa shape index (κ3) is 8.68. The van der Waals surface area contributed by atoms with Crippen molar-refractivity contribution in [2.75, 3.05) is 6.61 Å². The molecular formula is C12H23NO4. The largest absolute Gasteiger partial charge is 0.481 e. The smallest absolute Gasteiger partial charge is 0.303 e. The Kier molecular flexibility index (Phi) is 8.40. The van der Waals surface area contributed by atoms with Gasteiger partial charge in [-0.25, -0.2) is 0 Å². The van der Waals surface area contributed by atoms with Crippen LogP contribution < -0.4 is 5.32 Å². The summed E-state index contributed by atoms with van der Waals surface area (Å²) in [5, 5.41) is 11.2. The van der Waals surface area contributed by atoms with E-state index in [1.54, 1.807) is 13.8 Å². The number of aliphatic carboxylic acids is 1. The second-order valence-corrected chi connectivity index (χ2v) is 4.21. The van der Waals surface area contributed by atoms with Crippen LogP contribution in [0, 0.1) is 0 Å². The van der Waals surface area contributed by atoms with Gasteiger partial charge in [-0.2, -0.15) is 0 Å². The first-order valence-electron chi connectivity index (χ1n) is 6.11. The molecule has 0 aliphatic heterocycles. The maximum Gasteiger partial charge on any atom is 0.303 e. The Morgan fingerprint density at radius 3 is 2.53 bits per heavy atom. The van der Waals surface area contributed by atoms with Gasteiger partial charge in [0.15, 0.2) is 0 Å². The van der Waals surface area contributed by atoms with Gasteiger partial charge in [-0.15, -0.1) is 0 Å². The number of carboxylic acid groups (broad SMARTS) is 1. The van der Waals surface area contributed by atoms with E-state index in [1.807, 2.05) is 0 Å². The molecule has 0 saturated carbocycles. The molecule has 0 aromatic heterocycles. The molecule has 2 unspecified atom stereocenters. The third-order valence-electron chi connectivity index (χ3n) is 2.41. The van der Waals surface area contributed by atoms with Crippen molar-refractivity contribution in [2.24, 2.45) is 0 Å². The molecule has 0 aliphatic carbocycles. The second-order valence-electron chi connectivity index (χ2n) is 4.21. The minimum atomic E-state index is -0.849. The maximum absolute atomic E-state index is 11.6. The molecule has 0 spiro atoms. The summed E-state index contributed by atoms with van der Waals surface area (Å²) in [6.07, 6.45) is 1.99. The lowest BCUT2D eigenvalue weighted by Gasteiger charge is -2.17. The number of ether oxygens (including phenoxy) is 1. The van der Waals surface area contributed by atoms with Crippen LogP contribution in [0.15, 0.2) is 0 Å². The SMILES string of the molecule is CCCCOC(C)C(=O)NC(C)CCC(=O)O. The van der Waals surface area contributed by atoms with Crippen LogP contribution >= 0.6 is 0 Å². The van der Waals surface area contributed by atoms with E-state index in [-0.39, 0.29) is 18.4 Å². The summed E-state index contributed by atoms with van der Waals surface area (Å²) in [6, 6.07) is -0.143. The van der Waals surface area contributed by atoms with E-state index < -0.39 is 12.1 Å². The van der Waals surface area contributed by atoms with Gasteiger partial charge in [0.2, 0.25) is 5.91 Å². The average Bonchev–Trinajstić information content (AvgIpc) is 2.26. The van der Waals surface area contributed by atoms with Gasteiger partial charge in [-0.05, 0) is 26.7 Å². The minimum Gasteiger partial charge on any atom is -0.481 e. The molecule has 5 nitrogen and oxygen atoms in total. The zero-order valence-electron chi connectivity index (χ0n) is 10.9. The van der Waals surface area contributed by atoms with E-state index in [2.05, 4.69) is 12.2 Å². The quantitative estimate of drug-likeness (QED) is 0.604. The molecule has 0 aromatic carbocycles. The Bertz CT molecular complexity index is 243. The highest BCUT2D eigenvalue weighted by Gasteiger charge is 2.15. The third-order valence-corrected chi connectivity index (χ3v) is 2.41. The van der Waals surface area contributed by atoms with Gasteiger partial charge < -0.3 is 15.2 Å². The fraction of sp³-hybridized carbons (Fsp3) is 0.833. The number of unbranched alkanes of at least 4 members (excludes halogenated alkanes) is 1. The minimum absolute atomic E-state index is 0.0620. The van der Waals surface area contributed by atoms with Crippen LogP contribution in [-0.2, 0) is 14.3 Å². The maximum atomic E-state index is 11.6. The molecule has 17 heavy (non-hydrogen) atoms. The van der Waals surface area contributed by atoms with E-state index in [0.29, 0.717) is 13.0 Å². The van der Waals surface area contributed by atoms with Crippen molar-refractivity contribution in [3.05, 3.63) is 0 Å². The Morgan fingerprint density at radius 2 is 2.00 bits per heavy atom. The van der Waals surface area contributed by atoms with Gasteiger partial charge >= 0.3 is 5.97 Å². The van der Waals surface area contributed by atoms with Gasteiger partial charge in [-0.1, -0.05) is 13.3 Å². The molecule has 2 atom stereocenters. The van der Waals surface area contributed by atoms with Gasteiger partial charge in [0.1, 0.15) is 6.10 Å². The predicted octanol–water partition coefficient (Wildman–Crippen LogP) is 1.56. The zero-order valence-corrected chi connectivity index (χ0v) is 10.9. The van der Waals surface area contributed by atoms with Crippen LogP contribution in [0.4, 0.5) is 0 Å². The summed E-state index contributed by atoms with van der Waals surface area (Å²) < 4.78 is 5.34. The van der Waals surface area contributed by atoms with Crippen molar-refractivity contribution in [3.63, 3.8) is 0 Å². The number of carbonyl (C=O) groups excluding carboxylic acids is 1. The van der Waals surface area contributed by atoms with E-state index >= 15 is 0 Å². The number of rotatable bonds is 9. The van der Waals surface area contributed by atoms with E-state index in [1.165, 1.54) is 0 Å². The van der Waals surface area contributed by atoms with Crippen molar-refractivity contribution < 1.29 is 19.4 Å². The van der Waals surface area contributed by atoms with Crippen LogP contribution in [0.25, 0.3) is 0 Å². The van der Waals surface area contributed by atoms with Gasteiger partial charge in [0, 0.05) is 19.1 Å². The van der Waals surface area contributed by atoms with Crippen LogP contribution in [0.2, 0.25) is 0 Å². The van der Waals surface area contributed by atoms with Crippen LogP contribution in [0.1, 0.15) is 46.5 Å². The van der Waals surface area contributed by atoms with E-state index in [9.17, 15) is 9.59 Å². The molecule has 0 radical (unpaired) electrons. The lowest BCUT2D eigenvalue weighted by atomic mass is 10.2. The first kappa shape index (κ1) is 15.9. The van der Waals surface area contributed by atoms with Crippen molar-refractivity contribution in [2.45, 2.75) is 58.6 Å². The number of nitrogens with one attached hydrogen (secondary N) is 1. The highest BCUT2D eigenvalue weighted by Crippen LogP contribution is 2.00. The number of carboxylic acids is 1. The predicted molar refractivity (Wildman–Crippen MR) is 64.8 cm³/mol. The van der Waals surface area contributed by atoms with Crippen molar-refractivity contribution in [1.29, 1.82) is 0 Å². The first-order chi connectivity index (χ1) is 7.97. The molecule has 0 rings (SSSR count). The van der Waals surface area contributed by atoms with Crippen molar-refractivity contribution in [1.82, 2.24) is 5.32 Å². The number of carbonyl (C=O) groups is 2. The number of hydrogen-bond donors (Lipinski definition) is 2. The highest BCUT2D eigenvalue weighted by molar-refractivity contribution is 5.80. The van der Waals surface area contributed by atoms with Crippen molar-refractivity contribution in [3.8, 4) is 0 Å². The summed E-state index contributed by atoms with van der Waals surface area (Å²) in [5.41, 5.74) is 0. The Hall–Kier alpha value is -1.10. The molecule has 2 N–H and O–H groups in total. The average molecular weight is 245 g/mol. The van der Waals surface area contributed by atoms with Crippen LogP contribution in [0.5, 0.6) is 0 Å². The summed E-state index contributed by atoms with van der Waals surface area (Å²) in [7, 11) is 0. The molecule has 5 heteroatoms. The van der Waals surface area contributed by atoms with Crippen LogP contribution in [-0.4, -0.2) is 35.7 Å².